The molecule has 9 heteroatoms. The maximum Gasteiger partial charge on any atom is 0.295 e. The number of nitrogens with zero attached hydrogens (tertiary/aromatic N) is 2. The maximum absolute atomic E-state index is 13.5. The lowest BCUT2D eigenvalue weighted by Crippen LogP contribution is -2.39. The Morgan fingerprint density at radius 3 is 2.43 bits per heavy atom. The number of morpholine rings is 1. The van der Waals surface area contributed by atoms with Crippen LogP contribution in [0.3, 0.4) is 0 Å². The Morgan fingerprint density at radius 2 is 1.77 bits per heavy atom. The number of rotatable bonds is 8. The lowest BCUT2D eigenvalue weighted by Gasteiger charge is -2.29. The number of halogens is 1. The quantitative estimate of drug-likeness (QED) is 0.350. The van der Waals surface area contributed by atoms with Gasteiger partial charge in [-0.05, 0) is 36.8 Å². The first-order chi connectivity index (χ1) is 17.0. The number of ketones is 1. The third kappa shape index (κ3) is 5.01. The summed E-state index contributed by atoms with van der Waals surface area (Å²) < 4.78 is 29.9. The largest absolute Gasteiger partial charge is 0.507 e. The van der Waals surface area contributed by atoms with Gasteiger partial charge in [-0.1, -0.05) is 12.1 Å². The summed E-state index contributed by atoms with van der Waals surface area (Å²) >= 11 is 0. The zero-order valence-corrected chi connectivity index (χ0v) is 19.8. The molecule has 2 fully saturated rings. The van der Waals surface area contributed by atoms with E-state index < -0.39 is 23.5 Å². The molecule has 2 saturated heterocycles. The standard InChI is InChI=1S/C26H29FN2O6/c1-33-20-6-3-5-19(25(20)34-2)22-21(23(30)17-7-9-18(27)10-8-17)24(31)26(32)29(22)12-4-11-28-13-15-35-16-14-28/h3,5-10,22,30H,4,11-16H2,1-2H3/t22-/m1/s1. The first-order valence-corrected chi connectivity index (χ1v) is 11.5. The van der Waals surface area contributed by atoms with E-state index in [-0.39, 0.29) is 16.9 Å². The second kappa shape index (κ2) is 10.9. The van der Waals surface area contributed by atoms with Crippen LogP contribution in [0.2, 0.25) is 0 Å². The number of likely N-dealkylation sites (tertiary alicyclic amines) is 1. The summed E-state index contributed by atoms with van der Waals surface area (Å²) in [6.07, 6.45) is 0.631. The highest BCUT2D eigenvalue weighted by Gasteiger charge is 2.47. The number of methoxy groups -OCH3 is 2. The second-order valence-corrected chi connectivity index (χ2v) is 8.39. The number of ether oxygens (including phenoxy) is 3. The fraction of sp³-hybridized carbons (Fsp3) is 0.385. The van der Waals surface area contributed by atoms with Gasteiger partial charge in [-0.25, -0.2) is 4.39 Å². The summed E-state index contributed by atoms with van der Waals surface area (Å²) in [5.41, 5.74) is 0.685. The van der Waals surface area contributed by atoms with Crippen LogP contribution in [0.5, 0.6) is 11.5 Å². The van der Waals surface area contributed by atoms with Crippen molar-refractivity contribution in [2.75, 3.05) is 53.6 Å². The van der Waals surface area contributed by atoms with E-state index in [1.165, 1.54) is 43.4 Å². The van der Waals surface area contributed by atoms with Crippen molar-refractivity contribution in [1.29, 1.82) is 0 Å². The number of aliphatic hydroxyl groups is 1. The van der Waals surface area contributed by atoms with Gasteiger partial charge in [-0.2, -0.15) is 0 Å². The van der Waals surface area contributed by atoms with Crippen molar-refractivity contribution in [2.45, 2.75) is 12.5 Å². The number of carbonyl (C=O) groups excluding carboxylic acids is 2. The second-order valence-electron chi connectivity index (χ2n) is 8.39. The van der Waals surface area contributed by atoms with Crippen LogP contribution < -0.4 is 9.47 Å². The van der Waals surface area contributed by atoms with Crippen molar-refractivity contribution in [2.24, 2.45) is 0 Å². The van der Waals surface area contributed by atoms with E-state index in [1.54, 1.807) is 18.2 Å². The van der Waals surface area contributed by atoms with Gasteiger partial charge in [0.05, 0.1) is 39.0 Å². The maximum atomic E-state index is 13.5. The lowest BCUT2D eigenvalue weighted by molar-refractivity contribution is -0.140. The normalized spacial score (nSPS) is 20.3. The van der Waals surface area contributed by atoms with E-state index in [0.717, 1.165) is 19.6 Å². The lowest BCUT2D eigenvalue weighted by atomic mass is 9.94. The van der Waals surface area contributed by atoms with Gasteiger partial charge in [-0.15, -0.1) is 0 Å². The van der Waals surface area contributed by atoms with Crippen LogP contribution in [0.15, 0.2) is 48.0 Å². The molecule has 0 radical (unpaired) electrons. The van der Waals surface area contributed by atoms with Crippen molar-refractivity contribution < 1.29 is 33.3 Å². The Kier molecular flexibility index (Phi) is 7.67. The highest BCUT2D eigenvalue weighted by molar-refractivity contribution is 6.46. The van der Waals surface area contributed by atoms with Crippen molar-refractivity contribution in [3.63, 3.8) is 0 Å². The zero-order valence-electron chi connectivity index (χ0n) is 19.8. The third-order valence-electron chi connectivity index (χ3n) is 6.36. The Morgan fingerprint density at radius 1 is 1.06 bits per heavy atom. The molecule has 4 rings (SSSR count). The molecule has 0 aliphatic carbocycles. The van der Waals surface area contributed by atoms with Crippen molar-refractivity contribution >= 4 is 17.4 Å². The van der Waals surface area contributed by atoms with Gasteiger partial charge in [0, 0.05) is 37.3 Å². The van der Waals surface area contributed by atoms with Gasteiger partial charge in [0.1, 0.15) is 11.6 Å². The van der Waals surface area contributed by atoms with Gasteiger partial charge in [-0.3, -0.25) is 14.5 Å². The molecule has 0 bridgehead atoms. The van der Waals surface area contributed by atoms with E-state index in [2.05, 4.69) is 4.90 Å². The third-order valence-corrected chi connectivity index (χ3v) is 6.36. The van der Waals surface area contributed by atoms with E-state index >= 15 is 0 Å². The van der Waals surface area contributed by atoms with Gasteiger partial charge in [0.15, 0.2) is 11.5 Å². The minimum absolute atomic E-state index is 0.0699. The summed E-state index contributed by atoms with van der Waals surface area (Å²) in [5, 5.41) is 11.1. The number of hydrogen-bond acceptors (Lipinski definition) is 7. The number of carbonyl (C=O) groups is 2. The molecule has 0 spiro atoms. The molecule has 2 aliphatic heterocycles. The number of benzene rings is 2. The van der Waals surface area contributed by atoms with Crippen LogP contribution in [-0.2, 0) is 14.3 Å². The van der Waals surface area contributed by atoms with Crippen LogP contribution in [0.25, 0.3) is 5.76 Å². The average Bonchev–Trinajstić information content (AvgIpc) is 3.13. The Balaban J connectivity index is 1.75. The van der Waals surface area contributed by atoms with Gasteiger partial charge in [0.2, 0.25) is 0 Å². The molecule has 8 nitrogen and oxygen atoms in total. The highest BCUT2D eigenvalue weighted by atomic mass is 19.1. The molecule has 1 amide bonds. The predicted octanol–water partition coefficient (Wildman–Crippen LogP) is 2.99. The molecule has 0 unspecified atom stereocenters. The fourth-order valence-corrected chi connectivity index (χ4v) is 4.61. The molecular weight excluding hydrogens is 455 g/mol. The van der Waals surface area contributed by atoms with E-state index in [0.29, 0.717) is 43.2 Å². The number of para-hydroxylation sites is 1. The summed E-state index contributed by atoms with van der Waals surface area (Å²) in [5.74, 6) is -1.54. The topological polar surface area (TPSA) is 88.5 Å². The smallest absolute Gasteiger partial charge is 0.295 e. The molecule has 2 heterocycles. The highest BCUT2D eigenvalue weighted by Crippen LogP contribution is 2.45. The van der Waals surface area contributed by atoms with Gasteiger partial charge in [0.25, 0.3) is 11.7 Å². The first kappa shape index (κ1) is 24.7. The Bertz CT molecular complexity index is 1110. The predicted molar refractivity (Wildman–Crippen MR) is 127 cm³/mol. The number of amides is 1. The molecule has 2 aromatic rings. The SMILES string of the molecule is COc1cccc([C@@H]2C(=C(O)c3ccc(F)cc3)C(=O)C(=O)N2CCCN2CCOCC2)c1OC. The molecule has 2 aliphatic rings. The number of aliphatic hydroxyl groups excluding tert-OH is 1. The number of Topliss-reactive ketones (excluding diaryl/α,β-unsaturated/α-hetero) is 1. The molecular formula is C26H29FN2O6. The summed E-state index contributed by atoms with van der Waals surface area (Å²) in [7, 11) is 2.98. The average molecular weight is 485 g/mol. The first-order valence-electron chi connectivity index (χ1n) is 11.5. The van der Waals surface area contributed by atoms with Crippen LogP contribution in [0, 0.1) is 5.82 Å². The zero-order chi connectivity index (χ0) is 24.9. The van der Waals surface area contributed by atoms with Crippen LogP contribution >= 0.6 is 0 Å². The molecule has 0 saturated carbocycles. The summed E-state index contributed by atoms with van der Waals surface area (Å²) in [6, 6.07) is 9.42. The summed E-state index contributed by atoms with van der Waals surface area (Å²) in [4.78, 5) is 30.1. The van der Waals surface area contributed by atoms with Gasteiger partial charge >= 0.3 is 0 Å². The van der Waals surface area contributed by atoms with Crippen molar-refractivity contribution in [3.8, 4) is 11.5 Å². The monoisotopic (exact) mass is 484 g/mol. The Hall–Kier alpha value is -3.43. The molecule has 35 heavy (non-hydrogen) atoms. The molecule has 0 aromatic heterocycles. The molecule has 2 aromatic carbocycles. The fourth-order valence-electron chi connectivity index (χ4n) is 4.61. The van der Waals surface area contributed by atoms with E-state index in [1.807, 2.05) is 0 Å². The minimum atomic E-state index is -0.894. The van der Waals surface area contributed by atoms with Crippen molar-refractivity contribution in [1.82, 2.24) is 9.80 Å². The minimum Gasteiger partial charge on any atom is -0.507 e. The molecule has 1 atom stereocenters. The van der Waals surface area contributed by atoms with Crippen LogP contribution in [0.1, 0.15) is 23.6 Å². The van der Waals surface area contributed by atoms with E-state index in [4.69, 9.17) is 14.2 Å². The Labute approximate surface area is 203 Å². The summed E-state index contributed by atoms with van der Waals surface area (Å²) in [6.45, 7) is 4.01. The van der Waals surface area contributed by atoms with Crippen LogP contribution in [-0.4, -0.2) is 80.2 Å². The van der Waals surface area contributed by atoms with Crippen molar-refractivity contribution in [3.05, 3.63) is 65.0 Å². The van der Waals surface area contributed by atoms with Crippen LogP contribution in [0.4, 0.5) is 4.39 Å². The van der Waals surface area contributed by atoms with Gasteiger partial charge < -0.3 is 24.2 Å². The molecule has 186 valence electrons. The molecule has 1 N–H and O–H groups in total. The van der Waals surface area contributed by atoms with E-state index in [9.17, 15) is 19.1 Å². The number of hydrogen-bond donors (Lipinski definition) is 1.